The minimum absolute atomic E-state index is 0.124. The maximum absolute atomic E-state index is 12.9. The van der Waals surface area contributed by atoms with Gasteiger partial charge >= 0.3 is 11.8 Å². The van der Waals surface area contributed by atoms with E-state index in [0.29, 0.717) is 5.56 Å². The number of thiophene rings is 1. The van der Waals surface area contributed by atoms with E-state index in [0.717, 1.165) is 5.56 Å². The maximum atomic E-state index is 12.9. The molecule has 2 aromatic heterocycles. The topological polar surface area (TPSA) is 68.0 Å². The van der Waals surface area contributed by atoms with Crippen LogP contribution in [0.3, 0.4) is 0 Å². The fourth-order valence-corrected chi connectivity index (χ4v) is 2.64. The van der Waals surface area contributed by atoms with Crippen molar-refractivity contribution in [3.8, 4) is 11.5 Å². The van der Waals surface area contributed by atoms with Crippen LogP contribution in [-0.4, -0.2) is 16.1 Å². The number of nitrogens with one attached hydrogen (secondary N) is 1. The van der Waals surface area contributed by atoms with Gasteiger partial charge in [-0.2, -0.15) is 11.3 Å². The molecule has 0 fully saturated rings. The van der Waals surface area contributed by atoms with Crippen LogP contribution in [-0.2, 0) is 0 Å². The Morgan fingerprint density at radius 3 is 2.73 bits per heavy atom. The first kappa shape index (κ1) is 14.4. The molecule has 0 bridgehead atoms. The first-order valence-electron chi connectivity index (χ1n) is 6.56. The zero-order valence-electron chi connectivity index (χ0n) is 11.6. The van der Waals surface area contributed by atoms with Crippen LogP contribution < -0.4 is 5.32 Å². The summed E-state index contributed by atoms with van der Waals surface area (Å²) >= 11 is 1.56. The Kier molecular flexibility index (Phi) is 3.97. The molecule has 22 heavy (non-hydrogen) atoms. The average Bonchev–Trinajstić information content (AvgIpc) is 3.20. The quantitative estimate of drug-likeness (QED) is 0.800. The van der Waals surface area contributed by atoms with Crippen molar-refractivity contribution in [3.05, 3.63) is 58.4 Å². The Bertz CT molecular complexity index is 768. The minimum Gasteiger partial charge on any atom is -0.412 e. The smallest absolute Gasteiger partial charge is 0.309 e. The van der Waals surface area contributed by atoms with Crippen molar-refractivity contribution in [2.24, 2.45) is 0 Å². The molecule has 7 heteroatoms. The van der Waals surface area contributed by atoms with E-state index < -0.39 is 5.91 Å². The summed E-state index contributed by atoms with van der Waals surface area (Å²) in [6, 6.07) is 7.39. The molecular formula is C15H12FN3O2S. The number of benzene rings is 1. The standard InChI is InChI=1S/C15H12FN3O2S/c1-9(11-6-7-22-8-11)17-13(20)15-19-18-14(21-15)10-2-4-12(16)5-3-10/h2-9H,1H3,(H,17,20)/t9-/m1/s1. The molecule has 3 rings (SSSR count). The Hall–Kier alpha value is -2.54. The molecule has 112 valence electrons. The highest BCUT2D eigenvalue weighted by atomic mass is 32.1. The fraction of sp³-hybridized carbons (Fsp3) is 0.133. The Balaban J connectivity index is 1.73. The summed E-state index contributed by atoms with van der Waals surface area (Å²) in [7, 11) is 0. The number of hydrogen-bond acceptors (Lipinski definition) is 5. The fourth-order valence-electron chi connectivity index (χ4n) is 1.89. The van der Waals surface area contributed by atoms with E-state index in [1.165, 1.54) is 24.3 Å². The summed E-state index contributed by atoms with van der Waals surface area (Å²) < 4.78 is 18.2. The molecule has 1 amide bonds. The van der Waals surface area contributed by atoms with Crippen LogP contribution in [0.15, 0.2) is 45.5 Å². The van der Waals surface area contributed by atoms with Gasteiger partial charge in [-0.15, -0.1) is 10.2 Å². The second kappa shape index (κ2) is 6.07. The molecule has 1 aromatic carbocycles. The number of carbonyl (C=O) groups is 1. The normalized spacial score (nSPS) is 12.1. The molecule has 1 atom stereocenters. The van der Waals surface area contributed by atoms with Crippen LogP contribution in [0.4, 0.5) is 4.39 Å². The number of amides is 1. The van der Waals surface area contributed by atoms with Crippen molar-refractivity contribution < 1.29 is 13.6 Å². The molecule has 5 nitrogen and oxygen atoms in total. The van der Waals surface area contributed by atoms with E-state index >= 15 is 0 Å². The summed E-state index contributed by atoms with van der Waals surface area (Å²) in [6.07, 6.45) is 0. The number of rotatable bonds is 4. The summed E-state index contributed by atoms with van der Waals surface area (Å²) in [5.41, 5.74) is 1.57. The zero-order valence-corrected chi connectivity index (χ0v) is 12.4. The van der Waals surface area contributed by atoms with Crippen LogP contribution >= 0.6 is 11.3 Å². The third-order valence-corrected chi connectivity index (χ3v) is 3.80. The number of halogens is 1. The minimum atomic E-state index is -0.445. The van der Waals surface area contributed by atoms with E-state index in [-0.39, 0.29) is 23.6 Å². The maximum Gasteiger partial charge on any atom is 0.309 e. The van der Waals surface area contributed by atoms with E-state index in [1.807, 2.05) is 23.8 Å². The van der Waals surface area contributed by atoms with Crippen LogP contribution in [0, 0.1) is 5.82 Å². The van der Waals surface area contributed by atoms with Crippen LogP contribution in [0.2, 0.25) is 0 Å². The SMILES string of the molecule is C[C@@H](NC(=O)c1nnc(-c2ccc(F)cc2)o1)c1ccsc1. The molecule has 0 spiro atoms. The first-order chi connectivity index (χ1) is 10.6. The Morgan fingerprint density at radius 2 is 2.05 bits per heavy atom. The predicted molar refractivity (Wildman–Crippen MR) is 79.9 cm³/mol. The van der Waals surface area contributed by atoms with Gasteiger partial charge in [0.2, 0.25) is 5.89 Å². The third-order valence-electron chi connectivity index (χ3n) is 3.10. The van der Waals surface area contributed by atoms with Crippen LogP contribution in [0.5, 0.6) is 0 Å². The number of aromatic nitrogens is 2. The van der Waals surface area contributed by atoms with Gasteiger partial charge in [-0.25, -0.2) is 4.39 Å². The van der Waals surface area contributed by atoms with Gasteiger partial charge < -0.3 is 9.73 Å². The lowest BCUT2D eigenvalue weighted by Gasteiger charge is -2.10. The van der Waals surface area contributed by atoms with E-state index in [9.17, 15) is 9.18 Å². The summed E-state index contributed by atoms with van der Waals surface area (Å²) in [5, 5.41) is 14.2. The monoisotopic (exact) mass is 317 g/mol. The second-order valence-corrected chi connectivity index (χ2v) is 5.45. The molecule has 2 heterocycles. The zero-order chi connectivity index (χ0) is 15.5. The van der Waals surface area contributed by atoms with Gasteiger partial charge in [0, 0.05) is 5.56 Å². The van der Waals surface area contributed by atoms with E-state index in [1.54, 1.807) is 11.3 Å². The number of hydrogen-bond donors (Lipinski definition) is 1. The van der Waals surface area contributed by atoms with Crippen molar-refractivity contribution in [3.63, 3.8) is 0 Å². The highest BCUT2D eigenvalue weighted by Crippen LogP contribution is 2.19. The second-order valence-electron chi connectivity index (χ2n) is 4.67. The largest absolute Gasteiger partial charge is 0.412 e. The third kappa shape index (κ3) is 3.04. The summed E-state index contributed by atoms with van der Waals surface area (Å²) in [6.45, 7) is 1.87. The van der Waals surface area contributed by atoms with Crippen LogP contribution in [0.1, 0.15) is 29.2 Å². The van der Waals surface area contributed by atoms with Crippen LogP contribution in [0.25, 0.3) is 11.5 Å². The Labute approximate surface area is 129 Å². The molecule has 0 radical (unpaired) electrons. The van der Waals surface area contributed by atoms with Gasteiger partial charge in [0.1, 0.15) is 5.82 Å². The number of nitrogens with zero attached hydrogens (tertiary/aromatic N) is 2. The number of carbonyl (C=O) groups excluding carboxylic acids is 1. The van der Waals surface area contributed by atoms with Gasteiger partial charge in [0.15, 0.2) is 0 Å². The first-order valence-corrected chi connectivity index (χ1v) is 7.50. The van der Waals surface area contributed by atoms with Crippen molar-refractivity contribution >= 4 is 17.2 Å². The molecular weight excluding hydrogens is 305 g/mol. The lowest BCUT2D eigenvalue weighted by Crippen LogP contribution is -2.26. The van der Waals surface area contributed by atoms with Crippen molar-refractivity contribution in [1.29, 1.82) is 0 Å². The predicted octanol–water partition coefficient (Wildman–Crippen LogP) is 3.43. The van der Waals surface area contributed by atoms with Crippen molar-refractivity contribution in [2.75, 3.05) is 0 Å². The van der Waals surface area contributed by atoms with E-state index in [4.69, 9.17) is 4.42 Å². The van der Waals surface area contributed by atoms with Gasteiger partial charge in [-0.05, 0) is 53.6 Å². The highest BCUT2D eigenvalue weighted by Gasteiger charge is 2.18. The molecule has 0 unspecified atom stereocenters. The average molecular weight is 317 g/mol. The van der Waals surface area contributed by atoms with Crippen molar-refractivity contribution in [2.45, 2.75) is 13.0 Å². The van der Waals surface area contributed by atoms with Gasteiger partial charge in [0.05, 0.1) is 6.04 Å². The van der Waals surface area contributed by atoms with Gasteiger partial charge in [-0.1, -0.05) is 0 Å². The molecule has 0 saturated carbocycles. The van der Waals surface area contributed by atoms with E-state index in [2.05, 4.69) is 15.5 Å². The lowest BCUT2D eigenvalue weighted by molar-refractivity contribution is 0.0905. The molecule has 0 saturated heterocycles. The molecule has 3 aromatic rings. The molecule has 0 aliphatic carbocycles. The molecule has 0 aliphatic heterocycles. The lowest BCUT2D eigenvalue weighted by atomic mass is 10.2. The summed E-state index contributed by atoms with van der Waals surface area (Å²) in [5.74, 6) is -0.750. The van der Waals surface area contributed by atoms with Gasteiger partial charge in [-0.3, -0.25) is 4.79 Å². The highest BCUT2D eigenvalue weighted by molar-refractivity contribution is 7.07. The molecule has 1 N–H and O–H groups in total. The summed E-state index contributed by atoms with van der Waals surface area (Å²) in [4.78, 5) is 12.1. The molecule has 0 aliphatic rings. The van der Waals surface area contributed by atoms with Gasteiger partial charge in [0.25, 0.3) is 0 Å². The Morgan fingerprint density at radius 1 is 1.27 bits per heavy atom. The van der Waals surface area contributed by atoms with Crippen molar-refractivity contribution in [1.82, 2.24) is 15.5 Å².